The van der Waals surface area contributed by atoms with E-state index in [2.05, 4.69) is 55.5 Å². The lowest BCUT2D eigenvalue weighted by atomic mass is 10.1. The fourth-order valence-corrected chi connectivity index (χ4v) is 2.26. The Morgan fingerprint density at radius 3 is 1.71 bits per heavy atom. The number of carbonyl (C=O) groups excluding carboxylic acids is 1. The molecule has 24 heavy (non-hydrogen) atoms. The maximum atomic E-state index is 11.3. The van der Waals surface area contributed by atoms with Gasteiger partial charge in [-0.1, -0.05) is 68.4 Å². The predicted octanol–water partition coefficient (Wildman–Crippen LogP) is 6.05. The van der Waals surface area contributed by atoms with Crippen molar-refractivity contribution in [3.05, 3.63) is 48.6 Å². The summed E-state index contributed by atoms with van der Waals surface area (Å²) >= 11 is 0. The minimum Gasteiger partial charge on any atom is -0.330 e. The first-order valence-electron chi connectivity index (χ1n) is 9.63. The molecule has 0 saturated heterocycles. The quantitative estimate of drug-likeness (QED) is 0.276. The summed E-state index contributed by atoms with van der Waals surface area (Å²) in [6.45, 7) is 2.71. The molecular formula is C22H37NO. The number of carbonyl (C=O) groups is 1. The van der Waals surface area contributed by atoms with Crippen LogP contribution >= 0.6 is 0 Å². The van der Waals surface area contributed by atoms with Crippen LogP contribution in [0, 0.1) is 0 Å². The molecule has 0 aliphatic heterocycles. The van der Waals surface area contributed by atoms with E-state index in [1.165, 1.54) is 25.7 Å². The molecule has 0 rings (SSSR count). The first-order chi connectivity index (χ1) is 11.8. The Morgan fingerprint density at radius 1 is 0.708 bits per heavy atom. The van der Waals surface area contributed by atoms with E-state index < -0.39 is 0 Å². The maximum Gasteiger partial charge on any atom is 0.134 e. The summed E-state index contributed by atoms with van der Waals surface area (Å²) in [4.78, 5) is 11.3. The monoisotopic (exact) mass is 331 g/mol. The fraction of sp³-hybridized carbons (Fsp3) is 0.591. The van der Waals surface area contributed by atoms with E-state index in [9.17, 15) is 4.79 Å². The van der Waals surface area contributed by atoms with Gasteiger partial charge in [0, 0.05) is 12.8 Å². The highest BCUT2D eigenvalue weighted by molar-refractivity contribution is 5.78. The van der Waals surface area contributed by atoms with Crippen LogP contribution in [0.5, 0.6) is 0 Å². The van der Waals surface area contributed by atoms with Crippen molar-refractivity contribution in [3.63, 3.8) is 0 Å². The molecule has 0 aromatic heterocycles. The smallest absolute Gasteiger partial charge is 0.134 e. The van der Waals surface area contributed by atoms with Crippen molar-refractivity contribution in [1.29, 1.82) is 0 Å². The number of hydrogen-bond acceptors (Lipinski definition) is 2. The third kappa shape index (κ3) is 18.6. The summed E-state index contributed by atoms with van der Waals surface area (Å²) in [5.41, 5.74) is 5.34. The standard InChI is InChI=1S/C22H37NO/c1-2-3-4-5-6-7-8-9-10-11-12-13-14-15-16-17-18-19-22(24)20-21-23/h6-7,9-10,12-13,15-16H,2-5,8,11,14,17-21,23H2,1H3/b7-6-,10-9-,13-12-,16-15-. The van der Waals surface area contributed by atoms with Crippen LogP contribution in [-0.2, 0) is 4.79 Å². The maximum absolute atomic E-state index is 11.3. The molecule has 2 heteroatoms. The zero-order chi connectivity index (χ0) is 17.7. The van der Waals surface area contributed by atoms with Gasteiger partial charge in [-0.15, -0.1) is 0 Å². The summed E-state index contributed by atoms with van der Waals surface area (Å²) < 4.78 is 0. The highest BCUT2D eigenvalue weighted by atomic mass is 16.1. The lowest BCUT2D eigenvalue weighted by molar-refractivity contribution is -0.118. The predicted molar refractivity (Wildman–Crippen MR) is 107 cm³/mol. The third-order valence-corrected chi connectivity index (χ3v) is 3.71. The van der Waals surface area contributed by atoms with Crippen LogP contribution in [0.4, 0.5) is 0 Å². The Kier molecular flexibility index (Phi) is 18.5. The molecule has 0 bridgehead atoms. The molecule has 0 spiro atoms. The normalized spacial score (nSPS) is 12.4. The van der Waals surface area contributed by atoms with Gasteiger partial charge in [-0.3, -0.25) is 4.79 Å². The minimum absolute atomic E-state index is 0.286. The summed E-state index contributed by atoms with van der Waals surface area (Å²) in [6, 6.07) is 0. The molecule has 0 aliphatic carbocycles. The van der Waals surface area contributed by atoms with Gasteiger partial charge in [0.1, 0.15) is 5.78 Å². The van der Waals surface area contributed by atoms with Gasteiger partial charge in [-0.2, -0.15) is 0 Å². The van der Waals surface area contributed by atoms with E-state index in [0.717, 1.165) is 32.1 Å². The Balaban J connectivity index is 3.43. The second-order valence-electron chi connectivity index (χ2n) is 6.06. The Morgan fingerprint density at radius 2 is 1.21 bits per heavy atom. The van der Waals surface area contributed by atoms with E-state index in [4.69, 9.17) is 5.73 Å². The molecule has 0 aromatic carbocycles. The number of unbranched alkanes of at least 4 members (excludes halogenated alkanes) is 4. The topological polar surface area (TPSA) is 43.1 Å². The molecule has 0 unspecified atom stereocenters. The van der Waals surface area contributed by atoms with E-state index >= 15 is 0 Å². The highest BCUT2D eigenvalue weighted by Gasteiger charge is 1.97. The van der Waals surface area contributed by atoms with Gasteiger partial charge in [0.25, 0.3) is 0 Å². The number of rotatable bonds is 16. The van der Waals surface area contributed by atoms with Crippen LogP contribution in [0.15, 0.2) is 48.6 Å². The second kappa shape index (κ2) is 19.6. The van der Waals surface area contributed by atoms with Crippen molar-refractivity contribution < 1.29 is 4.79 Å². The van der Waals surface area contributed by atoms with Crippen LogP contribution < -0.4 is 5.73 Å². The summed E-state index contributed by atoms with van der Waals surface area (Å²) in [5, 5.41) is 0. The van der Waals surface area contributed by atoms with Crippen LogP contribution in [0.1, 0.15) is 77.6 Å². The lowest BCUT2D eigenvalue weighted by Gasteiger charge is -1.95. The average Bonchev–Trinajstić information content (AvgIpc) is 2.58. The van der Waals surface area contributed by atoms with Crippen molar-refractivity contribution in [3.8, 4) is 0 Å². The molecule has 0 aromatic rings. The first-order valence-corrected chi connectivity index (χ1v) is 9.63. The molecule has 0 aliphatic rings. The molecule has 0 heterocycles. The summed E-state index contributed by atoms with van der Waals surface area (Å²) in [5.74, 6) is 0.286. The van der Waals surface area contributed by atoms with Gasteiger partial charge in [0.2, 0.25) is 0 Å². The van der Waals surface area contributed by atoms with Crippen LogP contribution in [0.3, 0.4) is 0 Å². The van der Waals surface area contributed by atoms with Crippen LogP contribution in [0.2, 0.25) is 0 Å². The van der Waals surface area contributed by atoms with Gasteiger partial charge < -0.3 is 5.73 Å². The zero-order valence-electron chi connectivity index (χ0n) is 15.6. The van der Waals surface area contributed by atoms with E-state index in [1.54, 1.807) is 0 Å². The van der Waals surface area contributed by atoms with Crippen molar-refractivity contribution in [1.82, 2.24) is 0 Å². The molecule has 2 N–H and O–H groups in total. The Bertz CT molecular complexity index is 391. The molecular weight excluding hydrogens is 294 g/mol. The van der Waals surface area contributed by atoms with Gasteiger partial charge in [0.05, 0.1) is 0 Å². The van der Waals surface area contributed by atoms with Crippen LogP contribution in [-0.4, -0.2) is 12.3 Å². The molecule has 0 radical (unpaired) electrons. The molecule has 0 saturated carbocycles. The molecule has 0 fully saturated rings. The third-order valence-electron chi connectivity index (χ3n) is 3.71. The summed E-state index contributed by atoms with van der Waals surface area (Å²) in [7, 11) is 0. The highest BCUT2D eigenvalue weighted by Crippen LogP contribution is 2.02. The summed E-state index contributed by atoms with van der Waals surface area (Å²) in [6.07, 6.45) is 29.0. The SMILES string of the molecule is CCCCC/C=C\C/C=C\C/C=C\C/C=C\CCCC(=O)CCN. The van der Waals surface area contributed by atoms with Gasteiger partial charge in [0.15, 0.2) is 0 Å². The second-order valence-corrected chi connectivity index (χ2v) is 6.06. The fourth-order valence-electron chi connectivity index (χ4n) is 2.26. The van der Waals surface area contributed by atoms with Crippen LogP contribution in [0.25, 0.3) is 0 Å². The van der Waals surface area contributed by atoms with Crippen molar-refractivity contribution in [2.45, 2.75) is 77.6 Å². The average molecular weight is 332 g/mol. The van der Waals surface area contributed by atoms with E-state index in [-0.39, 0.29) is 5.78 Å². The molecule has 136 valence electrons. The van der Waals surface area contributed by atoms with E-state index in [1.807, 2.05) is 0 Å². The Labute approximate surface area is 149 Å². The van der Waals surface area contributed by atoms with Gasteiger partial charge in [-0.25, -0.2) is 0 Å². The Hall–Kier alpha value is -1.41. The molecule has 2 nitrogen and oxygen atoms in total. The lowest BCUT2D eigenvalue weighted by Crippen LogP contribution is -2.07. The van der Waals surface area contributed by atoms with Gasteiger partial charge >= 0.3 is 0 Å². The number of Topliss-reactive ketones (excluding diaryl/α,β-unsaturated/α-hetero) is 1. The van der Waals surface area contributed by atoms with Crippen molar-refractivity contribution in [2.24, 2.45) is 5.73 Å². The zero-order valence-corrected chi connectivity index (χ0v) is 15.6. The first kappa shape index (κ1) is 22.6. The largest absolute Gasteiger partial charge is 0.330 e. The molecule has 0 amide bonds. The number of allylic oxidation sites excluding steroid dienone is 8. The van der Waals surface area contributed by atoms with Gasteiger partial charge in [-0.05, 0) is 51.5 Å². The number of hydrogen-bond donors (Lipinski definition) is 1. The van der Waals surface area contributed by atoms with Crippen molar-refractivity contribution >= 4 is 5.78 Å². The van der Waals surface area contributed by atoms with Crippen molar-refractivity contribution in [2.75, 3.05) is 6.54 Å². The number of ketones is 1. The van der Waals surface area contributed by atoms with E-state index in [0.29, 0.717) is 19.4 Å². The molecule has 0 atom stereocenters. The number of nitrogens with two attached hydrogens (primary N) is 1. The minimum atomic E-state index is 0.286.